The maximum absolute atomic E-state index is 12.2. The van der Waals surface area contributed by atoms with Gasteiger partial charge in [0.25, 0.3) is 0 Å². The predicted molar refractivity (Wildman–Crippen MR) is 83.6 cm³/mol. The van der Waals surface area contributed by atoms with Crippen LogP contribution >= 0.6 is 0 Å². The number of aromatic nitrogens is 2. The summed E-state index contributed by atoms with van der Waals surface area (Å²) in [6.07, 6.45) is 1.41. The fourth-order valence-electron chi connectivity index (χ4n) is 1.63. The van der Waals surface area contributed by atoms with Crippen molar-refractivity contribution in [2.24, 2.45) is 0 Å². The molecule has 1 N–H and O–H groups in total. The highest BCUT2D eigenvalue weighted by atomic mass is 16.5. The van der Waals surface area contributed by atoms with E-state index >= 15 is 0 Å². The highest BCUT2D eigenvalue weighted by Crippen LogP contribution is 2.21. The maximum atomic E-state index is 12.2. The standard InChI is InChI=1S/C15H24N4O3/c1-7-22-13(20)10(2)19(6)14(21)18-12-8-11(15(3,4)5)16-9-17-12/h8-10H,7H2,1-6H3,(H,16,17,18,21)/t10-/m0/s1. The van der Waals surface area contributed by atoms with Crippen LogP contribution in [-0.2, 0) is 14.9 Å². The van der Waals surface area contributed by atoms with Crippen LogP contribution in [0.5, 0.6) is 0 Å². The molecule has 1 heterocycles. The molecule has 2 amide bonds. The number of nitrogens with zero attached hydrogens (tertiary/aromatic N) is 3. The van der Waals surface area contributed by atoms with E-state index in [2.05, 4.69) is 15.3 Å². The van der Waals surface area contributed by atoms with Crippen molar-refractivity contribution in [1.82, 2.24) is 14.9 Å². The van der Waals surface area contributed by atoms with Crippen LogP contribution in [0.3, 0.4) is 0 Å². The number of urea groups is 1. The number of hydrogen-bond donors (Lipinski definition) is 1. The first kappa shape index (κ1) is 17.9. The summed E-state index contributed by atoms with van der Waals surface area (Å²) in [7, 11) is 1.53. The number of nitrogens with one attached hydrogen (secondary N) is 1. The zero-order valence-electron chi connectivity index (χ0n) is 14.0. The van der Waals surface area contributed by atoms with Gasteiger partial charge in [0.2, 0.25) is 0 Å². The number of amides is 2. The summed E-state index contributed by atoms with van der Waals surface area (Å²) in [5.41, 5.74) is 0.672. The van der Waals surface area contributed by atoms with Crippen molar-refractivity contribution in [3.8, 4) is 0 Å². The lowest BCUT2D eigenvalue weighted by atomic mass is 9.92. The van der Waals surface area contributed by atoms with Crippen LogP contribution < -0.4 is 5.32 Å². The highest BCUT2D eigenvalue weighted by molar-refractivity contribution is 5.91. The largest absolute Gasteiger partial charge is 0.464 e. The molecule has 0 aliphatic heterocycles. The molecule has 0 saturated heterocycles. The Morgan fingerprint density at radius 3 is 2.55 bits per heavy atom. The third kappa shape index (κ3) is 4.68. The first-order valence-electron chi connectivity index (χ1n) is 7.19. The van der Waals surface area contributed by atoms with Crippen LogP contribution in [0, 0.1) is 0 Å². The molecule has 1 aromatic heterocycles. The topological polar surface area (TPSA) is 84.4 Å². The third-order valence-electron chi connectivity index (χ3n) is 3.20. The molecule has 1 aromatic rings. The summed E-state index contributed by atoms with van der Waals surface area (Å²) in [4.78, 5) is 33.3. The number of ether oxygens (including phenoxy) is 1. The predicted octanol–water partition coefficient (Wildman–Crippen LogP) is 2.19. The van der Waals surface area contributed by atoms with Gasteiger partial charge in [-0.3, -0.25) is 5.32 Å². The van der Waals surface area contributed by atoms with Gasteiger partial charge in [0.1, 0.15) is 18.2 Å². The monoisotopic (exact) mass is 308 g/mol. The van der Waals surface area contributed by atoms with Crippen LogP contribution in [0.25, 0.3) is 0 Å². The second-order valence-corrected chi connectivity index (χ2v) is 6.01. The number of carbonyl (C=O) groups excluding carboxylic acids is 2. The number of carbonyl (C=O) groups is 2. The van der Waals surface area contributed by atoms with Crippen molar-refractivity contribution < 1.29 is 14.3 Å². The fourth-order valence-corrected chi connectivity index (χ4v) is 1.63. The number of esters is 1. The number of hydrogen-bond acceptors (Lipinski definition) is 5. The molecule has 122 valence electrons. The lowest BCUT2D eigenvalue weighted by molar-refractivity contribution is -0.147. The first-order chi connectivity index (χ1) is 10.2. The van der Waals surface area contributed by atoms with E-state index in [-0.39, 0.29) is 12.0 Å². The molecule has 7 heteroatoms. The molecule has 0 aliphatic rings. The van der Waals surface area contributed by atoms with Gasteiger partial charge in [-0.1, -0.05) is 20.8 Å². The molecular weight excluding hydrogens is 284 g/mol. The van der Waals surface area contributed by atoms with Gasteiger partial charge in [-0.25, -0.2) is 19.6 Å². The first-order valence-corrected chi connectivity index (χ1v) is 7.19. The second-order valence-electron chi connectivity index (χ2n) is 6.01. The molecule has 0 fully saturated rings. The molecule has 0 saturated carbocycles. The minimum absolute atomic E-state index is 0.146. The van der Waals surface area contributed by atoms with Crippen molar-refractivity contribution in [2.45, 2.75) is 46.1 Å². The van der Waals surface area contributed by atoms with Gasteiger partial charge in [0.15, 0.2) is 0 Å². The Balaban J connectivity index is 2.78. The van der Waals surface area contributed by atoms with E-state index < -0.39 is 18.0 Å². The number of likely N-dealkylation sites (N-methyl/N-ethyl adjacent to an activating group) is 1. The van der Waals surface area contributed by atoms with E-state index in [4.69, 9.17) is 4.74 Å². The van der Waals surface area contributed by atoms with Crippen LogP contribution in [0.15, 0.2) is 12.4 Å². The number of rotatable bonds is 4. The van der Waals surface area contributed by atoms with E-state index in [0.29, 0.717) is 5.82 Å². The lowest BCUT2D eigenvalue weighted by Crippen LogP contribution is -2.43. The van der Waals surface area contributed by atoms with Crippen molar-refractivity contribution >= 4 is 17.8 Å². The van der Waals surface area contributed by atoms with Crippen molar-refractivity contribution in [2.75, 3.05) is 19.0 Å². The average molecular weight is 308 g/mol. The summed E-state index contributed by atoms with van der Waals surface area (Å²) in [5.74, 6) is -0.0500. The van der Waals surface area contributed by atoms with Crippen molar-refractivity contribution in [3.05, 3.63) is 18.1 Å². The smallest absolute Gasteiger partial charge is 0.328 e. The molecule has 0 unspecified atom stereocenters. The molecule has 0 bridgehead atoms. The lowest BCUT2D eigenvalue weighted by Gasteiger charge is -2.23. The van der Waals surface area contributed by atoms with Gasteiger partial charge in [0, 0.05) is 18.5 Å². The summed E-state index contributed by atoms with van der Waals surface area (Å²) >= 11 is 0. The molecule has 0 radical (unpaired) electrons. The van der Waals surface area contributed by atoms with Crippen molar-refractivity contribution in [1.29, 1.82) is 0 Å². The summed E-state index contributed by atoms with van der Waals surface area (Å²) in [5, 5.41) is 2.66. The van der Waals surface area contributed by atoms with Gasteiger partial charge >= 0.3 is 12.0 Å². The van der Waals surface area contributed by atoms with E-state index in [1.165, 1.54) is 18.3 Å². The minimum Gasteiger partial charge on any atom is -0.464 e. The molecule has 0 aliphatic carbocycles. The SMILES string of the molecule is CCOC(=O)[C@H](C)N(C)C(=O)Nc1cc(C(C)(C)C)ncn1. The molecule has 1 rings (SSSR count). The second kappa shape index (κ2) is 7.20. The van der Waals surface area contributed by atoms with Gasteiger partial charge in [-0.05, 0) is 13.8 Å². The van der Waals surface area contributed by atoms with Gasteiger partial charge < -0.3 is 9.64 Å². The Morgan fingerprint density at radius 2 is 2.00 bits per heavy atom. The molecule has 0 aromatic carbocycles. The van der Waals surface area contributed by atoms with Gasteiger partial charge in [-0.2, -0.15) is 0 Å². The fraction of sp³-hybridized carbons (Fsp3) is 0.600. The van der Waals surface area contributed by atoms with Crippen LogP contribution in [-0.4, -0.2) is 46.6 Å². The Labute approximate surface area is 131 Å². The maximum Gasteiger partial charge on any atom is 0.328 e. The molecule has 0 spiro atoms. The minimum atomic E-state index is -0.677. The summed E-state index contributed by atoms with van der Waals surface area (Å²) in [6, 6.07) is 0.615. The van der Waals surface area contributed by atoms with Crippen molar-refractivity contribution in [3.63, 3.8) is 0 Å². The van der Waals surface area contributed by atoms with E-state index in [9.17, 15) is 9.59 Å². The van der Waals surface area contributed by atoms with Crippen LogP contribution in [0.1, 0.15) is 40.3 Å². The van der Waals surface area contributed by atoms with Gasteiger partial charge in [-0.15, -0.1) is 0 Å². The Hall–Kier alpha value is -2.18. The quantitative estimate of drug-likeness (QED) is 0.862. The highest BCUT2D eigenvalue weighted by Gasteiger charge is 2.24. The summed E-state index contributed by atoms with van der Waals surface area (Å²) < 4.78 is 4.90. The number of anilines is 1. The van der Waals surface area contributed by atoms with E-state index in [1.54, 1.807) is 19.9 Å². The molecule has 7 nitrogen and oxygen atoms in total. The molecular formula is C15H24N4O3. The Kier molecular flexibility index (Phi) is 5.84. The zero-order chi connectivity index (χ0) is 16.9. The Bertz CT molecular complexity index is 540. The molecule has 22 heavy (non-hydrogen) atoms. The third-order valence-corrected chi connectivity index (χ3v) is 3.20. The van der Waals surface area contributed by atoms with Crippen LogP contribution in [0.4, 0.5) is 10.6 Å². The van der Waals surface area contributed by atoms with E-state index in [1.807, 2.05) is 20.8 Å². The van der Waals surface area contributed by atoms with Crippen LogP contribution in [0.2, 0.25) is 0 Å². The normalized spacial score (nSPS) is 12.5. The Morgan fingerprint density at radius 1 is 1.36 bits per heavy atom. The average Bonchev–Trinajstić information content (AvgIpc) is 2.45. The summed E-state index contributed by atoms with van der Waals surface area (Å²) in [6.45, 7) is 9.68. The molecule has 1 atom stereocenters. The zero-order valence-corrected chi connectivity index (χ0v) is 14.0. The van der Waals surface area contributed by atoms with Gasteiger partial charge in [0.05, 0.1) is 12.3 Å². The van der Waals surface area contributed by atoms with E-state index in [0.717, 1.165) is 5.69 Å².